The van der Waals surface area contributed by atoms with Crippen LogP contribution in [-0.4, -0.2) is 38.3 Å². The van der Waals surface area contributed by atoms with Gasteiger partial charge >= 0.3 is 0 Å². The van der Waals surface area contributed by atoms with Gasteiger partial charge in [-0.1, -0.05) is 17.3 Å². The molecule has 25 heavy (non-hydrogen) atoms. The molecule has 0 aliphatic carbocycles. The molecule has 10 heteroatoms. The zero-order chi connectivity index (χ0) is 17.8. The van der Waals surface area contributed by atoms with Crippen LogP contribution in [0.1, 0.15) is 4.88 Å². The molecule has 0 saturated carbocycles. The first-order chi connectivity index (χ1) is 12.0. The molecule has 0 atom stereocenters. The molecule has 9 nitrogen and oxygen atoms in total. The van der Waals surface area contributed by atoms with Gasteiger partial charge in [0, 0.05) is 11.1 Å². The van der Waals surface area contributed by atoms with Gasteiger partial charge in [0.15, 0.2) is 5.13 Å². The first-order valence-corrected chi connectivity index (χ1v) is 8.16. The quantitative estimate of drug-likeness (QED) is 0.678. The first-order valence-electron chi connectivity index (χ1n) is 7.34. The Kier molecular flexibility index (Phi) is 4.80. The fourth-order valence-electron chi connectivity index (χ4n) is 2.07. The third-order valence-corrected chi connectivity index (χ3v) is 4.06. The Morgan fingerprint density at radius 1 is 1.24 bits per heavy atom. The van der Waals surface area contributed by atoms with Crippen molar-refractivity contribution in [3.05, 3.63) is 45.7 Å². The lowest BCUT2D eigenvalue weighted by molar-refractivity contribution is -0.124. The van der Waals surface area contributed by atoms with Gasteiger partial charge in [0.05, 0.1) is 11.9 Å². The van der Waals surface area contributed by atoms with Crippen LogP contribution in [-0.2, 0) is 16.1 Å². The van der Waals surface area contributed by atoms with Crippen LogP contribution < -0.4 is 16.2 Å². The van der Waals surface area contributed by atoms with Crippen LogP contribution in [0.2, 0.25) is 0 Å². The van der Waals surface area contributed by atoms with Crippen LogP contribution in [0.25, 0.3) is 10.9 Å². The smallest absolute Gasteiger partial charge is 0.278 e. The Morgan fingerprint density at radius 2 is 2.04 bits per heavy atom. The van der Waals surface area contributed by atoms with Gasteiger partial charge in [-0.3, -0.25) is 14.4 Å². The zero-order valence-electron chi connectivity index (χ0n) is 13.2. The summed E-state index contributed by atoms with van der Waals surface area (Å²) in [7, 11) is 0. The van der Waals surface area contributed by atoms with E-state index in [9.17, 15) is 14.4 Å². The molecular weight excluding hydrogens is 344 g/mol. The Bertz CT molecular complexity index is 996. The van der Waals surface area contributed by atoms with Crippen LogP contribution in [0, 0.1) is 6.92 Å². The molecule has 3 aromatic rings. The summed E-state index contributed by atoms with van der Waals surface area (Å²) in [4.78, 5) is 40.9. The maximum absolute atomic E-state index is 12.2. The van der Waals surface area contributed by atoms with Gasteiger partial charge < -0.3 is 10.6 Å². The number of anilines is 1. The molecule has 0 fully saturated rings. The molecular formula is C15H14N6O3S. The van der Waals surface area contributed by atoms with E-state index in [0.717, 1.165) is 9.56 Å². The second-order valence-corrected chi connectivity index (χ2v) is 6.41. The number of amides is 2. The monoisotopic (exact) mass is 358 g/mol. The van der Waals surface area contributed by atoms with E-state index in [4.69, 9.17) is 0 Å². The van der Waals surface area contributed by atoms with Crippen LogP contribution in [0.15, 0.2) is 35.3 Å². The summed E-state index contributed by atoms with van der Waals surface area (Å²) in [6.07, 6.45) is 1.64. The number of hydrogen-bond acceptors (Lipinski definition) is 7. The lowest BCUT2D eigenvalue weighted by Gasteiger charge is -2.06. The number of aryl methyl sites for hydroxylation is 1. The molecule has 0 bridgehead atoms. The van der Waals surface area contributed by atoms with Crippen molar-refractivity contribution < 1.29 is 9.59 Å². The highest BCUT2D eigenvalue weighted by Gasteiger charge is 2.11. The molecule has 2 N–H and O–H groups in total. The number of benzene rings is 1. The fourth-order valence-corrected chi connectivity index (χ4v) is 2.75. The van der Waals surface area contributed by atoms with Crippen molar-refractivity contribution in [2.24, 2.45) is 0 Å². The van der Waals surface area contributed by atoms with Gasteiger partial charge in [-0.15, -0.1) is 16.4 Å². The number of fused-ring (bicyclic) bond motifs is 1. The van der Waals surface area contributed by atoms with E-state index in [1.54, 1.807) is 30.5 Å². The van der Waals surface area contributed by atoms with E-state index in [1.165, 1.54) is 11.3 Å². The summed E-state index contributed by atoms with van der Waals surface area (Å²) in [6, 6.07) is 6.74. The summed E-state index contributed by atoms with van der Waals surface area (Å²) in [5, 5.41) is 13.5. The van der Waals surface area contributed by atoms with Crippen molar-refractivity contribution in [1.82, 2.24) is 25.3 Å². The Labute approximate surface area is 145 Å². The fraction of sp³-hybridized carbons (Fsp3) is 0.200. The van der Waals surface area contributed by atoms with Gasteiger partial charge in [0.2, 0.25) is 11.8 Å². The third-order valence-electron chi connectivity index (χ3n) is 3.24. The second-order valence-electron chi connectivity index (χ2n) is 5.17. The van der Waals surface area contributed by atoms with Gasteiger partial charge in [0.25, 0.3) is 5.56 Å². The lowest BCUT2D eigenvalue weighted by atomic mass is 10.2. The molecule has 0 spiro atoms. The highest BCUT2D eigenvalue weighted by atomic mass is 32.1. The maximum atomic E-state index is 12.2. The van der Waals surface area contributed by atoms with Crippen LogP contribution in [0.3, 0.4) is 0 Å². The standard InChI is InChI=1S/C15H14N6O3S/c1-9-6-17-15(25-9)18-12(22)7-16-13(23)8-21-14(24)10-4-2-3-5-11(10)19-20-21/h2-6H,7-8H2,1H3,(H,16,23)(H,17,18,22). The van der Waals surface area contributed by atoms with E-state index < -0.39 is 17.4 Å². The minimum absolute atomic E-state index is 0.229. The Hall–Kier alpha value is -3.14. The number of carbonyl (C=O) groups excluding carboxylic acids is 2. The molecule has 128 valence electrons. The van der Waals surface area contributed by atoms with E-state index in [0.29, 0.717) is 16.0 Å². The lowest BCUT2D eigenvalue weighted by Crippen LogP contribution is -2.38. The van der Waals surface area contributed by atoms with Crippen molar-refractivity contribution in [3.63, 3.8) is 0 Å². The average Bonchev–Trinajstić information content (AvgIpc) is 3.00. The molecule has 2 heterocycles. The normalized spacial score (nSPS) is 10.6. The molecule has 0 aliphatic rings. The topological polar surface area (TPSA) is 119 Å². The minimum atomic E-state index is -0.517. The van der Waals surface area contributed by atoms with Gasteiger partial charge in [-0.25, -0.2) is 9.67 Å². The minimum Gasteiger partial charge on any atom is -0.345 e. The molecule has 0 radical (unpaired) electrons. The van der Waals surface area contributed by atoms with Crippen molar-refractivity contribution in [2.75, 3.05) is 11.9 Å². The van der Waals surface area contributed by atoms with Gasteiger partial charge in [-0.05, 0) is 19.1 Å². The van der Waals surface area contributed by atoms with E-state index in [-0.39, 0.29) is 13.1 Å². The van der Waals surface area contributed by atoms with Crippen LogP contribution in [0.4, 0.5) is 5.13 Å². The molecule has 0 aliphatic heterocycles. The van der Waals surface area contributed by atoms with Crippen molar-refractivity contribution in [3.8, 4) is 0 Å². The number of thiazole rings is 1. The predicted molar refractivity (Wildman–Crippen MR) is 92.3 cm³/mol. The molecule has 0 saturated heterocycles. The van der Waals surface area contributed by atoms with E-state index >= 15 is 0 Å². The highest BCUT2D eigenvalue weighted by Crippen LogP contribution is 2.15. The van der Waals surface area contributed by atoms with Crippen molar-refractivity contribution in [2.45, 2.75) is 13.5 Å². The zero-order valence-corrected chi connectivity index (χ0v) is 14.0. The highest BCUT2D eigenvalue weighted by molar-refractivity contribution is 7.15. The summed E-state index contributed by atoms with van der Waals surface area (Å²) < 4.78 is 0.958. The Balaban J connectivity index is 1.58. The second kappa shape index (κ2) is 7.18. The number of hydrogen-bond donors (Lipinski definition) is 2. The Morgan fingerprint density at radius 3 is 2.80 bits per heavy atom. The summed E-state index contributed by atoms with van der Waals surface area (Å²) in [6.45, 7) is 1.32. The first kappa shape index (κ1) is 16.7. The van der Waals surface area contributed by atoms with Crippen LogP contribution in [0.5, 0.6) is 0 Å². The van der Waals surface area contributed by atoms with Crippen molar-refractivity contribution in [1.29, 1.82) is 0 Å². The number of aromatic nitrogens is 4. The predicted octanol–water partition coefficient (Wildman–Crippen LogP) is 0.311. The number of carbonyl (C=O) groups is 2. The van der Waals surface area contributed by atoms with Crippen molar-refractivity contribution >= 4 is 39.2 Å². The van der Waals surface area contributed by atoms with E-state index in [2.05, 4.69) is 25.9 Å². The summed E-state index contributed by atoms with van der Waals surface area (Å²) in [5.74, 6) is -0.920. The number of rotatable bonds is 5. The number of nitrogens with one attached hydrogen (secondary N) is 2. The van der Waals surface area contributed by atoms with Gasteiger partial charge in [-0.2, -0.15) is 0 Å². The summed E-state index contributed by atoms with van der Waals surface area (Å²) in [5.41, 5.74) is 0.0470. The van der Waals surface area contributed by atoms with Gasteiger partial charge in [0.1, 0.15) is 12.1 Å². The molecule has 0 unspecified atom stereocenters. The molecule has 2 aromatic heterocycles. The SMILES string of the molecule is Cc1cnc(NC(=O)CNC(=O)Cn2nnc3ccccc3c2=O)s1. The van der Waals surface area contributed by atoms with E-state index in [1.807, 2.05) is 6.92 Å². The molecule has 3 rings (SSSR count). The summed E-state index contributed by atoms with van der Waals surface area (Å²) >= 11 is 1.34. The van der Waals surface area contributed by atoms with Crippen LogP contribution >= 0.6 is 11.3 Å². The molecule has 2 amide bonds. The third kappa shape index (κ3) is 4.04. The largest absolute Gasteiger partial charge is 0.345 e. The average molecular weight is 358 g/mol. The molecule has 1 aromatic carbocycles. The maximum Gasteiger partial charge on any atom is 0.278 e. The number of nitrogens with zero attached hydrogens (tertiary/aromatic N) is 4.